The third-order valence-corrected chi connectivity index (χ3v) is 3.26. The Balaban J connectivity index is 2.61. The van der Waals surface area contributed by atoms with E-state index >= 15 is 0 Å². The minimum absolute atomic E-state index is 0.217. The molecule has 2 nitrogen and oxygen atoms in total. The number of benzene rings is 1. The minimum Gasteiger partial charge on any atom is -0.372 e. The van der Waals surface area contributed by atoms with Crippen LogP contribution < -0.4 is 4.90 Å². The Morgan fingerprint density at radius 2 is 1.74 bits per heavy atom. The summed E-state index contributed by atoms with van der Waals surface area (Å²) in [6.45, 7) is 8.44. The number of ketones is 1. The van der Waals surface area contributed by atoms with Crippen molar-refractivity contribution in [3.05, 3.63) is 35.9 Å². The normalized spacial score (nSPS) is 10.9. The van der Waals surface area contributed by atoms with Gasteiger partial charge >= 0.3 is 0 Å². The summed E-state index contributed by atoms with van der Waals surface area (Å²) in [6.07, 6.45) is 6.30. The number of rotatable bonds is 8. The number of hydrogen-bond acceptors (Lipinski definition) is 2. The van der Waals surface area contributed by atoms with Gasteiger partial charge in [0.05, 0.1) is 0 Å². The van der Waals surface area contributed by atoms with Gasteiger partial charge in [-0.1, -0.05) is 31.6 Å². The van der Waals surface area contributed by atoms with Gasteiger partial charge in [-0.3, -0.25) is 4.79 Å². The van der Waals surface area contributed by atoms with Gasteiger partial charge in [-0.2, -0.15) is 0 Å². The zero-order chi connectivity index (χ0) is 14.1. The number of carbonyl (C=O) groups excluding carboxylic acids is 1. The molecule has 0 saturated carbocycles. The highest BCUT2D eigenvalue weighted by Crippen LogP contribution is 2.15. The molecule has 0 heterocycles. The third-order valence-electron chi connectivity index (χ3n) is 3.26. The lowest BCUT2D eigenvalue weighted by molar-refractivity contribution is -0.114. The highest BCUT2D eigenvalue weighted by molar-refractivity contribution is 5.93. The lowest BCUT2D eigenvalue weighted by Crippen LogP contribution is -2.21. The summed E-state index contributed by atoms with van der Waals surface area (Å²) in [5.41, 5.74) is 2.32. The van der Waals surface area contributed by atoms with Crippen molar-refractivity contribution in [3.63, 3.8) is 0 Å². The largest absolute Gasteiger partial charge is 0.372 e. The fourth-order valence-corrected chi connectivity index (χ4v) is 2.01. The van der Waals surface area contributed by atoms with E-state index in [9.17, 15) is 4.79 Å². The summed E-state index contributed by atoms with van der Waals surface area (Å²) in [7, 11) is 0. The molecule has 0 saturated heterocycles. The molecule has 0 bridgehead atoms. The maximum Gasteiger partial charge on any atom is 0.155 e. The van der Waals surface area contributed by atoms with Crippen LogP contribution in [-0.2, 0) is 4.79 Å². The van der Waals surface area contributed by atoms with Crippen molar-refractivity contribution in [3.8, 4) is 0 Å². The first kappa shape index (κ1) is 15.5. The molecule has 0 aromatic heterocycles. The SMILES string of the molecule is CCCCC(=O)C=Cc1ccc(N(CC)CC)cc1. The van der Waals surface area contributed by atoms with Crippen molar-refractivity contribution in [1.82, 2.24) is 0 Å². The van der Waals surface area contributed by atoms with Crippen molar-refractivity contribution in [2.75, 3.05) is 18.0 Å². The van der Waals surface area contributed by atoms with E-state index in [2.05, 4.69) is 49.9 Å². The standard InChI is InChI=1S/C17H25NO/c1-4-7-8-17(19)14-11-15-9-12-16(13-10-15)18(5-2)6-3/h9-14H,4-8H2,1-3H3. The second-order valence-electron chi connectivity index (χ2n) is 4.67. The first-order valence-electron chi connectivity index (χ1n) is 7.27. The fraction of sp³-hybridized carbons (Fsp3) is 0.471. The molecule has 0 aliphatic carbocycles. The molecule has 2 heteroatoms. The van der Waals surface area contributed by atoms with Crippen molar-refractivity contribution >= 4 is 17.5 Å². The van der Waals surface area contributed by atoms with Gasteiger partial charge in [0, 0.05) is 25.2 Å². The Morgan fingerprint density at radius 3 is 2.26 bits per heavy atom. The molecule has 0 atom stereocenters. The molecular weight excluding hydrogens is 234 g/mol. The molecular formula is C17H25NO. The molecule has 0 unspecified atom stereocenters. The highest BCUT2D eigenvalue weighted by atomic mass is 16.1. The molecule has 19 heavy (non-hydrogen) atoms. The molecule has 0 spiro atoms. The Morgan fingerprint density at radius 1 is 1.11 bits per heavy atom. The van der Waals surface area contributed by atoms with E-state index in [-0.39, 0.29) is 5.78 Å². The third kappa shape index (κ3) is 5.29. The summed E-state index contributed by atoms with van der Waals surface area (Å²) in [6, 6.07) is 8.36. The van der Waals surface area contributed by atoms with Crippen LogP contribution in [0.1, 0.15) is 45.6 Å². The molecule has 1 aromatic rings. The Bertz CT molecular complexity index is 402. The summed E-state index contributed by atoms with van der Waals surface area (Å²) in [4.78, 5) is 13.9. The second-order valence-corrected chi connectivity index (χ2v) is 4.67. The number of nitrogens with zero attached hydrogens (tertiary/aromatic N) is 1. The molecule has 0 radical (unpaired) electrons. The van der Waals surface area contributed by atoms with E-state index in [1.165, 1.54) is 5.69 Å². The fourth-order valence-electron chi connectivity index (χ4n) is 2.01. The first-order valence-corrected chi connectivity index (χ1v) is 7.27. The number of carbonyl (C=O) groups is 1. The summed E-state index contributed by atoms with van der Waals surface area (Å²) >= 11 is 0. The lowest BCUT2D eigenvalue weighted by Gasteiger charge is -2.20. The maximum absolute atomic E-state index is 11.5. The van der Waals surface area contributed by atoms with E-state index in [4.69, 9.17) is 0 Å². The van der Waals surface area contributed by atoms with E-state index in [0.29, 0.717) is 6.42 Å². The van der Waals surface area contributed by atoms with Gasteiger partial charge in [-0.15, -0.1) is 0 Å². The number of allylic oxidation sites excluding steroid dienone is 1. The first-order chi connectivity index (χ1) is 9.21. The quantitative estimate of drug-likeness (QED) is 0.648. The van der Waals surface area contributed by atoms with Crippen LogP contribution in [0.5, 0.6) is 0 Å². The predicted octanol–water partition coefficient (Wildman–Crippen LogP) is 4.31. The Labute approximate surface area is 117 Å². The van der Waals surface area contributed by atoms with Crippen LogP contribution in [0.15, 0.2) is 30.3 Å². The van der Waals surface area contributed by atoms with Gasteiger partial charge < -0.3 is 4.90 Å². The summed E-state index contributed by atoms with van der Waals surface area (Å²) < 4.78 is 0. The van der Waals surface area contributed by atoms with Crippen molar-refractivity contribution in [1.29, 1.82) is 0 Å². The van der Waals surface area contributed by atoms with Crippen LogP contribution in [0.3, 0.4) is 0 Å². The van der Waals surface area contributed by atoms with Gasteiger partial charge in [-0.25, -0.2) is 0 Å². The van der Waals surface area contributed by atoms with Gasteiger partial charge in [-0.05, 0) is 44.0 Å². The van der Waals surface area contributed by atoms with Crippen molar-refractivity contribution < 1.29 is 4.79 Å². The number of unbranched alkanes of at least 4 members (excludes halogenated alkanes) is 1. The van der Waals surface area contributed by atoms with Gasteiger partial charge in [0.1, 0.15) is 0 Å². The average Bonchev–Trinajstić information content (AvgIpc) is 2.45. The van der Waals surface area contributed by atoms with Crippen molar-refractivity contribution in [2.45, 2.75) is 40.0 Å². The number of anilines is 1. The van der Waals surface area contributed by atoms with E-state index in [1.807, 2.05) is 6.08 Å². The van der Waals surface area contributed by atoms with Crippen LogP contribution in [0.25, 0.3) is 6.08 Å². The van der Waals surface area contributed by atoms with Crippen LogP contribution >= 0.6 is 0 Å². The highest BCUT2D eigenvalue weighted by Gasteiger charge is 2.00. The molecule has 104 valence electrons. The summed E-state index contributed by atoms with van der Waals surface area (Å²) in [5, 5.41) is 0. The molecule has 0 amide bonds. The van der Waals surface area contributed by atoms with Gasteiger partial charge in [0.15, 0.2) is 5.78 Å². The molecule has 0 N–H and O–H groups in total. The molecule has 0 aliphatic heterocycles. The Kier molecular flexibility index (Phi) is 6.94. The average molecular weight is 259 g/mol. The minimum atomic E-state index is 0.217. The van der Waals surface area contributed by atoms with E-state index < -0.39 is 0 Å². The van der Waals surface area contributed by atoms with Crippen LogP contribution in [0, 0.1) is 0 Å². The summed E-state index contributed by atoms with van der Waals surface area (Å²) in [5.74, 6) is 0.217. The zero-order valence-corrected chi connectivity index (χ0v) is 12.4. The van der Waals surface area contributed by atoms with Gasteiger partial charge in [0.2, 0.25) is 0 Å². The zero-order valence-electron chi connectivity index (χ0n) is 12.4. The van der Waals surface area contributed by atoms with Gasteiger partial charge in [0.25, 0.3) is 0 Å². The number of hydrogen-bond donors (Lipinski definition) is 0. The van der Waals surface area contributed by atoms with E-state index in [1.54, 1.807) is 6.08 Å². The smallest absolute Gasteiger partial charge is 0.155 e. The van der Waals surface area contributed by atoms with Crippen LogP contribution in [0.4, 0.5) is 5.69 Å². The molecule has 0 fully saturated rings. The topological polar surface area (TPSA) is 20.3 Å². The van der Waals surface area contributed by atoms with Crippen LogP contribution in [0.2, 0.25) is 0 Å². The van der Waals surface area contributed by atoms with E-state index in [0.717, 1.165) is 31.5 Å². The molecule has 0 aliphatic rings. The van der Waals surface area contributed by atoms with Crippen molar-refractivity contribution in [2.24, 2.45) is 0 Å². The Hall–Kier alpha value is -1.57. The van der Waals surface area contributed by atoms with Crippen LogP contribution in [-0.4, -0.2) is 18.9 Å². The lowest BCUT2D eigenvalue weighted by atomic mass is 10.1. The second kappa shape index (κ2) is 8.52. The maximum atomic E-state index is 11.5. The molecule has 1 rings (SSSR count). The molecule has 1 aromatic carbocycles. The monoisotopic (exact) mass is 259 g/mol. The predicted molar refractivity (Wildman–Crippen MR) is 83.6 cm³/mol.